The molecule has 0 radical (unpaired) electrons. The second-order valence-electron chi connectivity index (χ2n) is 8.86. The van der Waals surface area contributed by atoms with E-state index < -0.39 is 18.0 Å². The average molecular weight is 577 g/mol. The highest BCUT2D eigenvalue weighted by atomic mass is 35.5. The van der Waals surface area contributed by atoms with Crippen LogP contribution in [-0.2, 0) is 14.3 Å². The first-order valence-electron chi connectivity index (χ1n) is 12.6. The molecule has 0 aliphatic carbocycles. The number of benzene rings is 2. The summed E-state index contributed by atoms with van der Waals surface area (Å²) in [6.07, 6.45) is 1.64. The Bertz CT molecular complexity index is 1810. The lowest BCUT2D eigenvalue weighted by atomic mass is 9.96. The van der Waals surface area contributed by atoms with Crippen molar-refractivity contribution in [3.05, 3.63) is 114 Å². The highest BCUT2D eigenvalue weighted by Gasteiger charge is 2.33. The third-order valence-electron chi connectivity index (χ3n) is 6.26. The van der Waals surface area contributed by atoms with Crippen molar-refractivity contribution in [2.24, 2.45) is 4.99 Å². The molecule has 0 unspecified atom stereocenters. The maximum Gasteiger partial charge on any atom is 0.338 e. The summed E-state index contributed by atoms with van der Waals surface area (Å²) >= 11 is 7.31. The van der Waals surface area contributed by atoms with Crippen LogP contribution in [0.4, 0.5) is 0 Å². The number of fused-ring (bicyclic) bond motifs is 1. The van der Waals surface area contributed by atoms with Gasteiger partial charge in [0.25, 0.3) is 5.56 Å². The molecule has 40 heavy (non-hydrogen) atoms. The molecule has 0 saturated carbocycles. The number of aromatic nitrogens is 1. The van der Waals surface area contributed by atoms with Gasteiger partial charge in [0.15, 0.2) is 4.80 Å². The number of furan rings is 1. The Morgan fingerprint density at radius 1 is 1.05 bits per heavy atom. The maximum absolute atomic E-state index is 13.7. The second-order valence-corrected chi connectivity index (χ2v) is 10.3. The average Bonchev–Trinajstić information content (AvgIpc) is 3.53. The van der Waals surface area contributed by atoms with E-state index in [1.54, 1.807) is 81.4 Å². The number of carbonyl (C=O) groups is 2. The van der Waals surface area contributed by atoms with Crippen molar-refractivity contribution in [2.75, 3.05) is 13.2 Å². The summed E-state index contributed by atoms with van der Waals surface area (Å²) in [6.45, 7) is 5.68. The molecule has 8 nitrogen and oxygen atoms in total. The fourth-order valence-electron chi connectivity index (χ4n) is 4.48. The van der Waals surface area contributed by atoms with E-state index in [9.17, 15) is 14.4 Å². The zero-order chi connectivity index (χ0) is 28.4. The Kier molecular flexibility index (Phi) is 7.86. The molecule has 2 aromatic heterocycles. The quantitative estimate of drug-likeness (QED) is 0.291. The molecule has 10 heteroatoms. The highest BCUT2D eigenvalue weighted by molar-refractivity contribution is 7.07. The molecule has 2 aromatic carbocycles. The fourth-order valence-corrected chi connectivity index (χ4v) is 5.63. The molecule has 0 saturated heterocycles. The van der Waals surface area contributed by atoms with Gasteiger partial charge in [0.1, 0.15) is 11.5 Å². The topological polar surface area (TPSA) is 100 Å². The SMILES string of the molecule is CCOC(=O)C1=C(C)N=c2s/c(=C\c3ccc(-c4cccc(C(=O)OCC)c4)o3)c(=O)n2[C@H]1c1ccc(Cl)cc1. The first-order valence-corrected chi connectivity index (χ1v) is 13.8. The van der Waals surface area contributed by atoms with E-state index in [0.29, 0.717) is 53.8 Å². The van der Waals surface area contributed by atoms with Crippen LogP contribution in [0.2, 0.25) is 5.02 Å². The van der Waals surface area contributed by atoms with Crippen LogP contribution < -0.4 is 14.9 Å². The van der Waals surface area contributed by atoms with Gasteiger partial charge in [-0.05, 0) is 62.7 Å². The molecule has 0 N–H and O–H groups in total. The summed E-state index contributed by atoms with van der Waals surface area (Å²) in [5, 5.41) is 0.538. The van der Waals surface area contributed by atoms with E-state index in [1.165, 1.54) is 15.9 Å². The van der Waals surface area contributed by atoms with E-state index in [2.05, 4.69) is 4.99 Å². The van der Waals surface area contributed by atoms with Crippen LogP contribution >= 0.6 is 22.9 Å². The second kappa shape index (κ2) is 11.5. The smallest absolute Gasteiger partial charge is 0.338 e. The summed E-state index contributed by atoms with van der Waals surface area (Å²) in [6, 6.07) is 16.7. The van der Waals surface area contributed by atoms with E-state index in [1.807, 2.05) is 6.07 Å². The van der Waals surface area contributed by atoms with Gasteiger partial charge < -0.3 is 13.9 Å². The van der Waals surface area contributed by atoms with Crippen molar-refractivity contribution in [1.29, 1.82) is 0 Å². The third kappa shape index (κ3) is 5.30. The molecule has 0 fully saturated rings. The fraction of sp³-hybridized carbons (Fsp3) is 0.200. The maximum atomic E-state index is 13.7. The van der Waals surface area contributed by atoms with Crippen LogP contribution in [0.15, 0.2) is 86.1 Å². The van der Waals surface area contributed by atoms with Crippen LogP contribution in [0, 0.1) is 0 Å². The first-order chi connectivity index (χ1) is 19.3. The predicted molar refractivity (Wildman–Crippen MR) is 152 cm³/mol. The van der Waals surface area contributed by atoms with Crippen LogP contribution in [0.1, 0.15) is 48.5 Å². The van der Waals surface area contributed by atoms with Gasteiger partial charge in [0.2, 0.25) is 0 Å². The molecule has 0 amide bonds. The van der Waals surface area contributed by atoms with Gasteiger partial charge in [-0.1, -0.05) is 47.2 Å². The largest absolute Gasteiger partial charge is 0.463 e. The Balaban J connectivity index is 1.57. The summed E-state index contributed by atoms with van der Waals surface area (Å²) in [4.78, 5) is 43.9. The molecule has 0 bridgehead atoms. The minimum absolute atomic E-state index is 0.191. The van der Waals surface area contributed by atoms with Crippen molar-refractivity contribution < 1.29 is 23.5 Å². The molecule has 1 atom stereocenters. The molecule has 1 aliphatic heterocycles. The summed E-state index contributed by atoms with van der Waals surface area (Å²) in [7, 11) is 0. The van der Waals surface area contributed by atoms with Crippen LogP contribution in [0.25, 0.3) is 17.4 Å². The van der Waals surface area contributed by atoms with Crippen molar-refractivity contribution in [2.45, 2.75) is 26.8 Å². The monoisotopic (exact) mass is 576 g/mol. The van der Waals surface area contributed by atoms with Gasteiger partial charge in [0, 0.05) is 16.7 Å². The van der Waals surface area contributed by atoms with Gasteiger partial charge in [0.05, 0.1) is 40.6 Å². The number of thiazole rings is 1. The first kappa shape index (κ1) is 27.4. The minimum atomic E-state index is -0.729. The van der Waals surface area contributed by atoms with Gasteiger partial charge in [-0.3, -0.25) is 9.36 Å². The summed E-state index contributed by atoms with van der Waals surface area (Å²) in [5.74, 6) is 0.0412. The number of nitrogens with zero attached hydrogens (tertiary/aromatic N) is 2. The van der Waals surface area contributed by atoms with E-state index >= 15 is 0 Å². The number of ether oxygens (including phenoxy) is 2. The number of hydrogen-bond acceptors (Lipinski definition) is 8. The van der Waals surface area contributed by atoms with E-state index in [4.69, 9.17) is 25.5 Å². The molecular weight excluding hydrogens is 552 g/mol. The Morgan fingerprint density at radius 3 is 2.50 bits per heavy atom. The van der Waals surface area contributed by atoms with Gasteiger partial charge in [-0.25, -0.2) is 14.6 Å². The predicted octanol–water partition coefficient (Wildman–Crippen LogP) is 4.89. The molecule has 5 rings (SSSR count). The zero-order valence-electron chi connectivity index (χ0n) is 22.0. The molecule has 204 valence electrons. The van der Waals surface area contributed by atoms with Crippen LogP contribution in [0.3, 0.4) is 0 Å². The molecule has 3 heterocycles. The molecule has 4 aromatic rings. The van der Waals surface area contributed by atoms with E-state index in [0.717, 1.165) is 0 Å². The normalized spacial score (nSPS) is 15.0. The van der Waals surface area contributed by atoms with Crippen LogP contribution in [-0.4, -0.2) is 29.7 Å². The van der Waals surface area contributed by atoms with Crippen molar-refractivity contribution in [1.82, 2.24) is 4.57 Å². The zero-order valence-corrected chi connectivity index (χ0v) is 23.5. The van der Waals surface area contributed by atoms with Crippen molar-refractivity contribution >= 4 is 41.0 Å². The Hall–Kier alpha value is -4.21. The molecule has 0 spiro atoms. The highest BCUT2D eigenvalue weighted by Crippen LogP contribution is 2.31. The van der Waals surface area contributed by atoms with Gasteiger partial charge >= 0.3 is 11.9 Å². The standard InChI is InChI=1S/C30H25ClN2O6S/c1-4-37-28(35)20-8-6-7-19(15-20)23-14-13-22(39-23)16-24-27(34)33-26(18-9-11-21(31)12-10-18)25(29(36)38-5-2)17(3)32-30(33)40-24/h6-16,26H,4-5H2,1-3H3/b24-16-/t26-/m0/s1. The molecule has 1 aliphatic rings. The lowest BCUT2D eigenvalue weighted by Crippen LogP contribution is -2.39. The van der Waals surface area contributed by atoms with Gasteiger partial charge in [-0.15, -0.1) is 0 Å². The minimum Gasteiger partial charge on any atom is -0.463 e. The summed E-state index contributed by atoms with van der Waals surface area (Å²) in [5.41, 5.74) is 2.28. The van der Waals surface area contributed by atoms with Crippen LogP contribution in [0.5, 0.6) is 0 Å². The van der Waals surface area contributed by atoms with Crippen molar-refractivity contribution in [3.8, 4) is 11.3 Å². The third-order valence-corrected chi connectivity index (χ3v) is 7.50. The summed E-state index contributed by atoms with van der Waals surface area (Å²) < 4.78 is 18.3. The number of carbonyl (C=O) groups excluding carboxylic acids is 2. The Morgan fingerprint density at radius 2 is 1.77 bits per heavy atom. The van der Waals surface area contributed by atoms with Gasteiger partial charge in [-0.2, -0.15) is 0 Å². The lowest BCUT2D eigenvalue weighted by molar-refractivity contribution is -0.139. The number of esters is 2. The number of allylic oxidation sites excluding steroid dienone is 1. The number of hydrogen-bond donors (Lipinski definition) is 0. The van der Waals surface area contributed by atoms with Crippen molar-refractivity contribution in [3.63, 3.8) is 0 Å². The lowest BCUT2D eigenvalue weighted by Gasteiger charge is -2.24. The molecular formula is C30H25ClN2O6S. The number of rotatable bonds is 7. The Labute approximate surface area is 238 Å². The number of halogens is 1. The van der Waals surface area contributed by atoms with E-state index in [-0.39, 0.29) is 18.8 Å².